The number of benzene rings is 3. The molecule has 0 bridgehead atoms. The Bertz CT molecular complexity index is 1020. The maximum Gasteiger partial charge on any atom is 0.318 e. The number of hydrogen-bond donors (Lipinski definition) is 4. The van der Waals surface area contributed by atoms with E-state index in [1.807, 2.05) is 6.07 Å². The average molecular weight is 388 g/mol. The number of rotatable bonds is 5. The molecule has 0 saturated carbocycles. The van der Waals surface area contributed by atoms with Gasteiger partial charge < -0.3 is 21.3 Å². The molecule has 0 unspecified atom stereocenters. The Labute approximate surface area is 168 Å². The fraction of sp³-hybridized carbons (Fsp3) is 0.0455. The summed E-state index contributed by atoms with van der Waals surface area (Å²) in [5.41, 5.74) is 2.69. The highest BCUT2D eigenvalue weighted by Gasteiger charge is 2.09. The van der Waals surface area contributed by atoms with Crippen molar-refractivity contribution in [3.8, 4) is 0 Å². The van der Waals surface area contributed by atoms with Crippen molar-refractivity contribution >= 4 is 34.9 Å². The molecule has 29 heavy (non-hydrogen) atoms. The number of carbonyl (C=O) groups is 3. The number of amides is 4. The average Bonchev–Trinajstić information content (AvgIpc) is 2.75. The third-order valence-corrected chi connectivity index (χ3v) is 4.05. The SMILES string of the molecule is CNC(=O)Nc1cccc(NC(=O)c2ccc(NC(=O)c3ccccc3)cc2)c1. The van der Waals surface area contributed by atoms with Crippen molar-refractivity contribution in [2.75, 3.05) is 23.0 Å². The molecule has 4 N–H and O–H groups in total. The van der Waals surface area contributed by atoms with E-state index >= 15 is 0 Å². The maximum atomic E-state index is 12.5. The van der Waals surface area contributed by atoms with Gasteiger partial charge >= 0.3 is 6.03 Å². The molecule has 0 spiro atoms. The van der Waals surface area contributed by atoms with Crippen molar-refractivity contribution in [1.29, 1.82) is 0 Å². The van der Waals surface area contributed by atoms with Crippen LogP contribution >= 0.6 is 0 Å². The van der Waals surface area contributed by atoms with Gasteiger partial charge in [0.05, 0.1) is 0 Å². The third kappa shape index (κ3) is 5.43. The van der Waals surface area contributed by atoms with E-state index < -0.39 is 0 Å². The highest BCUT2D eigenvalue weighted by atomic mass is 16.2. The Balaban J connectivity index is 1.63. The summed E-state index contributed by atoms with van der Waals surface area (Å²) >= 11 is 0. The zero-order valence-corrected chi connectivity index (χ0v) is 15.7. The monoisotopic (exact) mass is 388 g/mol. The van der Waals surface area contributed by atoms with Gasteiger partial charge in [0.15, 0.2) is 0 Å². The highest BCUT2D eigenvalue weighted by Crippen LogP contribution is 2.17. The second-order valence-corrected chi connectivity index (χ2v) is 6.14. The van der Waals surface area contributed by atoms with Gasteiger partial charge in [0.1, 0.15) is 0 Å². The van der Waals surface area contributed by atoms with E-state index in [1.54, 1.807) is 72.8 Å². The van der Waals surface area contributed by atoms with Crippen LogP contribution in [-0.4, -0.2) is 24.9 Å². The van der Waals surface area contributed by atoms with Gasteiger partial charge in [0.25, 0.3) is 11.8 Å². The number of urea groups is 1. The van der Waals surface area contributed by atoms with Gasteiger partial charge in [-0.15, -0.1) is 0 Å². The van der Waals surface area contributed by atoms with Gasteiger partial charge in [-0.05, 0) is 54.6 Å². The van der Waals surface area contributed by atoms with Gasteiger partial charge in [-0.3, -0.25) is 9.59 Å². The molecule has 0 aliphatic rings. The molecular formula is C22H20N4O3. The maximum absolute atomic E-state index is 12.5. The van der Waals surface area contributed by atoms with Crippen molar-refractivity contribution in [2.45, 2.75) is 0 Å². The molecule has 0 atom stereocenters. The van der Waals surface area contributed by atoms with Crippen LogP contribution in [-0.2, 0) is 0 Å². The Morgan fingerprint density at radius 3 is 1.76 bits per heavy atom. The molecule has 3 aromatic rings. The molecule has 0 aliphatic carbocycles. The molecule has 0 radical (unpaired) electrons. The van der Waals surface area contributed by atoms with Crippen LogP contribution in [0.2, 0.25) is 0 Å². The first-order valence-electron chi connectivity index (χ1n) is 8.92. The predicted octanol–water partition coefficient (Wildman–Crippen LogP) is 3.94. The van der Waals surface area contributed by atoms with E-state index in [0.717, 1.165) is 0 Å². The Morgan fingerprint density at radius 2 is 1.14 bits per heavy atom. The molecule has 0 aliphatic heterocycles. The lowest BCUT2D eigenvalue weighted by Gasteiger charge is -2.09. The van der Waals surface area contributed by atoms with E-state index in [9.17, 15) is 14.4 Å². The summed E-state index contributed by atoms with van der Waals surface area (Å²) in [4.78, 5) is 36.0. The Morgan fingerprint density at radius 1 is 0.586 bits per heavy atom. The molecule has 7 nitrogen and oxygen atoms in total. The smallest absolute Gasteiger partial charge is 0.318 e. The molecule has 3 aromatic carbocycles. The van der Waals surface area contributed by atoms with Crippen LogP contribution in [0.5, 0.6) is 0 Å². The Hall–Kier alpha value is -4.13. The van der Waals surface area contributed by atoms with Crippen LogP contribution in [0.15, 0.2) is 78.9 Å². The lowest BCUT2D eigenvalue weighted by Crippen LogP contribution is -2.24. The van der Waals surface area contributed by atoms with Crippen LogP contribution in [0.4, 0.5) is 21.9 Å². The van der Waals surface area contributed by atoms with Crippen molar-refractivity contribution < 1.29 is 14.4 Å². The van der Waals surface area contributed by atoms with E-state index in [-0.39, 0.29) is 17.8 Å². The van der Waals surface area contributed by atoms with Crippen molar-refractivity contribution in [2.24, 2.45) is 0 Å². The molecule has 4 amide bonds. The van der Waals surface area contributed by atoms with Crippen molar-refractivity contribution in [1.82, 2.24) is 5.32 Å². The summed E-state index contributed by atoms with van der Waals surface area (Å²) < 4.78 is 0. The fourth-order valence-corrected chi connectivity index (χ4v) is 2.57. The van der Waals surface area contributed by atoms with Gasteiger partial charge in [-0.1, -0.05) is 24.3 Å². The van der Waals surface area contributed by atoms with E-state index in [2.05, 4.69) is 21.3 Å². The minimum atomic E-state index is -0.346. The summed E-state index contributed by atoms with van der Waals surface area (Å²) in [5, 5.41) is 10.7. The second-order valence-electron chi connectivity index (χ2n) is 6.14. The summed E-state index contributed by atoms with van der Waals surface area (Å²) in [6, 6.07) is 21.9. The quantitative estimate of drug-likeness (QED) is 0.533. The number of hydrogen-bond acceptors (Lipinski definition) is 3. The summed E-state index contributed by atoms with van der Waals surface area (Å²) in [6.07, 6.45) is 0. The zero-order chi connectivity index (χ0) is 20.6. The first kappa shape index (κ1) is 19.6. The molecular weight excluding hydrogens is 368 g/mol. The lowest BCUT2D eigenvalue weighted by atomic mass is 10.1. The number of carbonyl (C=O) groups excluding carboxylic acids is 3. The number of nitrogens with one attached hydrogen (secondary N) is 4. The molecule has 7 heteroatoms. The van der Waals surface area contributed by atoms with Gasteiger partial charge in [-0.2, -0.15) is 0 Å². The van der Waals surface area contributed by atoms with Crippen LogP contribution in [0, 0.1) is 0 Å². The minimum Gasteiger partial charge on any atom is -0.341 e. The minimum absolute atomic E-state index is 0.219. The van der Waals surface area contributed by atoms with Gasteiger partial charge in [-0.25, -0.2) is 4.79 Å². The predicted molar refractivity (Wildman–Crippen MR) is 113 cm³/mol. The fourth-order valence-electron chi connectivity index (χ4n) is 2.57. The largest absolute Gasteiger partial charge is 0.341 e. The normalized spacial score (nSPS) is 9.97. The first-order chi connectivity index (χ1) is 14.0. The van der Waals surface area contributed by atoms with E-state index in [4.69, 9.17) is 0 Å². The van der Waals surface area contributed by atoms with Crippen molar-refractivity contribution in [3.05, 3.63) is 90.0 Å². The van der Waals surface area contributed by atoms with Crippen LogP contribution in [0.1, 0.15) is 20.7 Å². The summed E-state index contributed by atoms with van der Waals surface area (Å²) in [5.74, 6) is -0.522. The van der Waals surface area contributed by atoms with Crippen molar-refractivity contribution in [3.63, 3.8) is 0 Å². The standard InChI is InChI=1S/C22H20N4O3/c1-23-22(29)26-19-9-5-8-18(14-19)25-21(28)16-10-12-17(13-11-16)24-20(27)15-6-3-2-4-7-15/h2-14H,1H3,(H,24,27)(H,25,28)(H2,23,26,29). The molecule has 0 fully saturated rings. The topological polar surface area (TPSA) is 99.3 Å². The van der Waals surface area contributed by atoms with Crippen LogP contribution in [0.25, 0.3) is 0 Å². The van der Waals surface area contributed by atoms with Gasteiger partial charge in [0, 0.05) is 35.2 Å². The molecule has 146 valence electrons. The molecule has 0 heterocycles. The molecule has 0 saturated heterocycles. The van der Waals surface area contributed by atoms with E-state index in [1.165, 1.54) is 7.05 Å². The van der Waals surface area contributed by atoms with Crippen LogP contribution < -0.4 is 21.3 Å². The first-order valence-corrected chi connectivity index (χ1v) is 8.92. The second kappa shape index (κ2) is 9.18. The molecule has 3 rings (SSSR count). The summed E-state index contributed by atoms with van der Waals surface area (Å²) in [6.45, 7) is 0. The number of anilines is 3. The van der Waals surface area contributed by atoms with Gasteiger partial charge in [0.2, 0.25) is 0 Å². The van der Waals surface area contributed by atoms with Crippen LogP contribution in [0.3, 0.4) is 0 Å². The zero-order valence-electron chi connectivity index (χ0n) is 15.7. The third-order valence-electron chi connectivity index (χ3n) is 4.05. The van der Waals surface area contributed by atoms with E-state index in [0.29, 0.717) is 28.2 Å². The molecule has 0 aromatic heterocycles. The highest BCUT2D eigenvalue weighted by molar-refractivity contribution is 6.06. The summed E-state index contributed by atoms with van der Waals surface area (Å²) in [7, 11) is 1.52. The Kier molecular flexibility index (Phi) is 6.22. The lowest BCUT2D eigenvalue weighted by molar-refractivity contribution is 0.102.